The van der Waals surface area contributed by atoms with Crippen molar-refractivity contribution in [3.63, 3.8) is 0 Å². The van der Waals surface area contributed by atoms with Crippen LogP contribution in [0, 0.1) is 12.8 Å². The van der Waals surface area contributed by atoms with Crippen molar-refractivity contribution in [1.82, 2.24) is 10.2 Å². The standard InChI is InChI=1S/C15H23BrN2/c1-4-18-8-7-13(10-17-3)15(18)12-6-5-11(2)14(16)9-12/h5-6,9,13,15,17H,4,7-8,10H2,1-3H3. The topological polar surface area (TPSA) is 15.3 Å². The highest BCUT2D eigenvalue weighted by atomic mass is 79.9. The summed E-state index contributed by atoms with van der Waals surface area (Å²) >= 11 is 3.66. The molecule has 1 saturated heterocycles. The van der Waals surface area contributed by atoms with Crippen LogP contribution in [0.25, 0.3) is 0 Å². The third-order valence-electron chi connectivity index (χ3n) is 4.04. The summed E-state index contributed by atoms with van der Waals surface area (Å²) in [5, 5.41) is 3.34. The summed E-state index contributed by atoms with van der Waals surface area (Å²) in [7, 11) is 2.05. The van der Waals surface area contributed by atoms with Gasteiger partial charge in [0.25, 0.3) is 0 Å². The Balaban J connectivity index is 2.28. The van der Waals surface area contributed by atoms with Gasteiger partial charge in [0.15, 0.2) is 0 Å². The molecule has 0 amide bonds. The van der Waals surface area contributed by atoms with Crippen LogP contribution in [0.3, 0.4) is 0 Å². The Hall–Kier alpha value is -0.380. The molecule has 0 saturated carbocycles. The lowest BCUT2D eigenvalue weighted by atomic mass is 9.93. The van der Waals surface area contributed by atoms with Crippen molar-refractivity contribution in [3.05, 3.63) is 33.8 Å². The summed E-state index contributed by atoms with van der Waals surface area (Å²) in [6.07, 6.45) is 1.30. The number of hydrogen-bond donors (Lipinski definition) is 1. The maximum Gasteiger partial charge on any atom is 0.0389 e. The highest BCUT2D eigenvalue weighted by Gasteiger charge is 2.33. The van der Waals surface area contributed by atoms with Gasteiger partial charge in [-0.25, -0.2) is 0 Å². The van der Waals surface area contributed by atoms with Crippen molar-refractivity contribution in [3.8, 4) is 0 Å². The molecule has 2 rings (SSSR count). The molecule has 1 aliphatic heterocycles. The minimum Gasteiger partial charge on any atom is -0.319 e. The van der Waals surface area contributed by atoms with Gasteiger partial charge in [-0.15, -0.1) is 0 Å². The zero-order valence-corrected chi connectivity index (χ0v) is 13.1. The third kappa shape index (κ3) is 2.79. The van der Waals surface area contributed by atoms with Crippen molar-refractivity contribution in [2.45, 2.75) is 26.3 Å². The molecule has 100 valence electrons. The molecule has 1 N–H and O–H groups in total. The van der Waals surface area contributed by atoms with Gasteiger partial charge < -0.3 is 5.32 Å². The second kappa shape index (κ2) is 6.18. The largest absolute Gasteiger partial charge is 0.319 e. The summed E-state index contributed by atoms with van der Waals surface area (Å²) in [6, 6.07) is 7.39. The molecule has 2 atom stereocenters. The van der Waals surface area contributed by atoms with Crippen LogP contribution in [-0.2, 0) is 0 Å². The van der Waals surface area contributed by atoms with Crippen molar-refractivity contribution in [2.24, 2.45) is 5.92 Å². The molecule has 1 aromatic rings. The fourth-order valence-electron chi connectivity index (χ4n) is 3.03. The second-order valence-electron chi connectivity index (χ2n) is 5.19. The number of rotatable bonds is 4. The van der Waals surface area contributed by atoms with E-state index in [-0.39, 0.29) is 0 Å². The normalized spacial score (nSPS) is 24.7. The predicted octanol–water partition coefficient (Wildman–Crippen LogP) is 3.36. The van der Waals surface area contributed by atoms with E-state index in [0.29, 0.717) is 6.04 Å². The lowest BCUT2D eigenvalue weighted by Crippen LogP contribution is -2.29. The Kier molecular flexibility index (Phi) is 4.82. The van der Waals surface area contributed by atoms with Gasteiger partial charge in [0.05, 0.1) is 0 Å². The fourth-order valence-corrected chi connectivity index (χ4v) is 3.43. The van der Waals surface area contributed by atoms with Crippen LogP contribution in [-0.4, -0.2) is 31.6 Å². The average Bonchev–Trinajstić information content (AvgIpc) is 2.76. The van der Waals surface area contributed by atoms with Gasteiger partial charge >= 0.3 is 0 Å². The SMILES string of the molecule is CCN1CCC(CNC)C1c1ccc(C)c(Br)c1. The zero-order valence-electron chi connectivity index (χ0n) is 11.5. The van der Waals surface area contributed by atoms with Crippen LogP contribution < -0.4 is 5.32 Å². The molecule has 0 radical (unpaired) electrons. The number of likely N-dealkylation sites (tertiary alicyclic amines) is 1. The van der Waals surface area contributed by atoms with Crippen LogP contribution in [0.4, 0.5) is 0 Å². The highest BCUT2D eigenvalue weighted by Crippen LogP contribution is 2.37. The lowest BCUT2D eigenvalue weighted by molar-refractivity contribution is 0.238. The first-order valence-corrected chi connectivity index (χ1v) is 7.61. The Bertz CT molecular complexity index is 405. The van der Waals surface area contributed by atoms with E-state index >= 15 is 0 Å². The zero-order chi connectivity index (χ0) is 13.1. The maximum atomic E-state index is 3.66. The monoisotopic (exact) mass is 310 g/mol. The minimum atomic E-state index is 0.569. The summed E-state index contributed by atoms with van der Waals surface area (Å²) in [5.41, 5.74) is 2.76. The van der Waals surface area contributed by atoms with Crippen LogP contribution in [0.5, 0.6) is 0 Å². The van der Waals surface area contributed by atoms with E-state index in [9.17, 15) is 0 Å². The summed E-state index contributed by atoms with van der Waals surface area (Å²) < 4.78 is 1.23. The van der Waals surface area contributed by atoms with Crippen LogP contribution >= 0.6 is 15.9 Å². The smallest absolute Gasteiger partial charge is 0.0389 e. The van der Waals surface area contributed by atoms with Gasteiger partial charge in [0.1, 0.15) is 0 Å². The number of nitrogens with zero attached hydrogens (tertiary/aromatic N) is 1. The van der Waals surface area contributed by atoms with Gasteiger partial charge in [-0.1, -0.05) is 35.0 Å². The van der Waals surface area contributed by atoms with E-state index in [4.69, 9.17) is 0 Å². The van der Waals surface area contributed by atoms with E-state index in [1.807, 2.05) is 0 Å². The quantitative estimate of drug-likeness (QED) is 0.917. The van der Waals surface area contributed by atoms with E-state index in [1.54, 1.807) is 0 Å². The third-order valence-corrected chi connectivity index (χ3v) is 4.89. The molecule has 0 aromatic heterocycles. The molecular weight excluding hydrogens is 288 g/mol. The minimum absolute atomic E-state index is 0.569. The van der Waals surface area contributed by atoms with E-state index in [2.05, 4.69) is 65.2 Å². The number of aryl methyl sites for hydroxylation is 1. The Morgan fingerprint density at radius 2 is 2.22 bits per heavy atom. The molecule has 18 heavy (non-hydrogen) atoms. The molecule has 2 unspecified atom stereocenters. The Morgan fingerprint density at radius 1 is 1.44 bits per heavy atom. The molecule has 1 aliphatic rings. The average molecular weight is 311 g/mol. The molecule has 1 fully saturated rings. The molecule has 0 aliphatic carbocycles. The Labute approximate surface area is 119 Å². The number of nitrogens with one attached hydrogen (secondary N) is 1. The summed E-state index contributed by atoms with van der Waals surface area (Å²) in [6.45, 7) is 7.87. The predicted molar refractivity (Wildman–Crippen MR) is 80.9 cm³/mol. The number of halogens is 1. The number of benzene rings is 1. The summed E-state index contributed by atoms with van der Waals surface area (Å²) in [5.74, 6) is 0.726. The van der Waals surface area contributed by atoms with Gasteiger partial charge in [0.2, 0.25) is 0 Å². The molecule has 1 heterocycles. The first kappa shape index (κ1) is 14.0. The molecular formula is C15H23BrN2. The first-order chi connectivity index (χ1) is 8.67. The van der Waals surface area contributed by atoms with Crippen molar-refractivity contribution < 1.29 is 0 Å². The highest BCUT2D eigenvalue weighted by molar-refractivity contribution is 9.10. The van der Waals surface area contributed by atoms with Crippen molar-refractivity contribution in [2.75, 3.05) is 26.7 Å². The molecule has 1 aromatic carbocycles. The Morgan fingerprint density at radius 3 is 2.83 bits per heavy atom. The van der Waals surface area contributed by atoms with Crippen LogP contribution in [0.1, 0.15) is 30.5 Å². The second-order valence-corrected chi connectivity index (χ2v) is 6.04. The lowest BCUT2D eigenvalue weighted by Gasteiger charge is -2.28. The van der Waals surface area contributed by atoms with Gasteiger partial charge in [-0.3, -0.25) is 4.90 Å². The van der Waals surface area contributed by atoms with Gasteiger partial charge in [-0.05, 0) is 63.1 Å². The molecule has 3 heteroatoms. The first-order valence-electron chi connectivity index (χ1n) is 6.82. The van der Waals surface area contributed by atoms with Crippen molar-refractivity contribution in [1.29, 1.82) is 0 Å². The van der Waals surface area contributed by atoms with Gasteiger partial charge in [-0.2, -0.15) is 0 Å². The van der Waals surface area contributed by atoms with E-state index in [1.165, 1.54) is 28.6 Å². The van der Waals surface area contributed by atoms with Crippen molar-refractivity contribution >= 4 is 15.9 Å². The molecule has 2 nitrogen and oxygen atoms in total. The summed E-state index contributed by atoms with van der Waals surface area (Å²) in [4.78, 5) is 2.60. The van der Waals surface area contributed by atoms with Gasteiger partial charge in [0, 0.05) is 10.5 Å². The fraction of sp³-hybridized carbons (Fsp3) is 0.600. The maximum absolute atomic E-state index is 3.66. The molecule has 0 bridgehead atoms. The van der Waals surface area contributed by atoms with E-state index < -0.39 is 0 Å². The number of hydrogen-bond acceptors (Lipinski definition) is 2. The van der Waals surface area contributed by atoms with Crippen LogP contribution in [0.15, 0.2) is 22.7 Å². The van der Waals surface area contributed by atoms with E-state index in [0.717, 1.165) is 19.0 Å². The van der Waals surface area contributed by atoms with Crippen LogP contribution in [0.2, 0.25) is 0 Å². The molecule has 0 spiro atoms.